The van der Waals surface area contributed by atoms with Crippen molar-refractivity contribution < 1.29 is 9.59 Å². The first-order valence-electron chi connectivity index (χ1n) is 8.05. The van der Waals surface area contributed by atoms with E-state index in [0.717, 1.165) is 16.9 Å². The lowest BCUT2D eigenvalue weighted by Gasteiger charge is -2.06. The van der Waals surface area contributed by atoms with Gasteiger partial charge in [-0.2, -0.15) is 0 Å². The maximum Gasteiger partial charge on any atom is 0.325 e. The maximum absolute atomic E-state index is 12.0. The highest BCUT2D eigenvalue weighted by Gasteiger charge is 2.12. The molecule has 1 aromatic heterocycles. The number of amides is 3. The standard InChI is InChI=1S/C18H16ClN5O2S/c19-13-8-4-5-9-14(13)21-17(26)22-18-24-23-16(27-18)10-15(25)20-11-12-6-2-1-3-7-12/h1-9H,10-11H2,(H,20,25)(H2,21,22,24,26). The molecule has 27 heavy (non-hydrogen) atoms. The van der Waals surface area contributed by atoms with Gasteiger partial charge in [-0.1, -0.05) is 65.4 Å². The van der Waals surface area contributed by atoms with Gasteiger partial charge in [0.25, 0.3) is 0 Å². The Morgan fingerprint density at radius 2 is 1.70 bits per heavy atom. The molecule has 0 spiro atoms. The Bertz CT molecular complexity index is 932. The minimum atomic E-state index is -0.487. The minimum absolute atomic E-state index is 0.0955. The predicted molar refractivity (Wildman–Crippen MR) is 106 cm³/mol. The second-order valence-corrected chi connectivity index (χ2v) is 6.97. The molecule has 138 valence electrons. The largest absolute Gasteiger partial charge is 0.352 e. The molecule has 0 fully saturated rings. The molecule has 0 aliphatic carbocycles. The summed E-state index contributed by atoms with van der Waals surface area (Å²) in [6.45, 7) is 0.448. The van der Waals surface area contributed by atoms with E-state index < -0.39 is 6.03 Å². The van der Waals surface area contributed by atoms with Gasteiger partial charge in [0.05, 0.1) is 17.1 Å². The molecule has 3 aromatic rings. The fourth-order valence-corrected chi connectivity index (χ4v) is 3.10. The monoisotopic (exact) mass is 401 g/mol. The molecule has 0 aliphatic rings. The third kappa shape index (κ3) is 5.77. The first-order valence-corrected chi connectivity index (χ1v) is 9.25. The van der Waals surface area contributed by atoms with Crippen LogP contribution >= 0.6 is 22.9 Å². The van der Waals surface area contributed by atoms with Gasteiger partial charge in [0.1, 0.15) is 5.01 Å². The van der Waals surface area contributed by atoms with Crippen LogP contribution in [-0.2, 0) is 17.8 Å². The van der Waals surface area contributed by atoms with Gasteiger partial charge in [0.15, 0.2) is 0 Å². The van der Waals surface area contributed by atoms with Gasteiger partial charge in [-0.15, -0.1) is 10.2 Å². The SMILES string of the molecule is O=C(Cc1nnc(NC(=O)Nc2ccccc2Cl)s1)NCc1ccccc1. The Kier molecular flexibility index (Phi) is 6.35. The van der Waals surface area contributed by atoms with E-state index in [4.69, 9.17) is 11.6 Å². The van der Waals surface area contributed by atoms with Crippen molar-refractivity contribution in [3.63, 3.8) is 0 Å². The van der Waals surface area contributed by atoms with Crippen molar-refractivity contribution >= 4 is 45.7 Å². The van der Waals surface area contributed by atoms with Gasteiger partial charge in [-0.3, -0.25) is 10.1 Å². The number of para-hydroxylation sites is 1. The van der Waals surface area contributed by atoms with E-state index in [0.29, 0.717) is 27.4 Å². The number of aromatic nitrogens is 2. The number of urea groups is 1. The third-order valence-corrected chi connectivity index (χ3v) is 4.62. The van der Waals surface area contributed by atoms with Crippen LogP contribution in [0.3, 0.4) is 0 Å². The molecule has 3 N–H and O–H groups in total. The molecule has 1 heterocycles. The zero-order valence-electron chi connectivity index (χ0n) is 14.1. The third-order valence-electron chi connectivity index (χ3n) is 3.45. The van der Waals surface area contributed by atoms with Gasteiger partial charge < -0.3 is 10.6 Å². The number of nitrogens with zero attached hydrogens (tertiary/aromatic N) is 2. The Hall–Kier alpha value is -2.97. The van der Waals surface area contributed by atoms with Crippen LogP contribution in [0.2, 0.25) is 5.02 Å². The summed E-state index contributed by atoms with van der Waals surface area (Å²) in [7, 11) is 0. The van der Waals surface area contributed by atoms with Gasteiger partial charge in [-0.05, 0) is 17.7 Å². The van der Waals surface area contributed by atoms with Gasteiger partial charge in [-0.25, -0.2) is 4.79 Å². The van der Waals surface area contributed by atoms with Crippen molar-refractivity contribution in [1.82, 2.24) is 15.5 Å². The molecule has 0 atom stereocenters. The highest BCUT2D eigenvalue weighted by atomic mass is 35.5. The summed E-state index contributed by atoms with van der Waals surface area (Å²) in [4.78, 5) is 24.0. The molecule has 0 radical (unpaired) electrons. The van der Waals surface area contributed by atoms with Crippen LogP contribution in [0.5, 0.6) is 0 Å². The minimum Gasteiger partial charge on any atom is -0.352 e. The molecule has 3 rings (SSSR count). The maximum atomic E-state index is 12.0. The molecule has 0 bridgehead atoms. The van der Waals surface area contributed by atoms with Crippen molar-refractivity contribution in [3.8, 4) is 0 Å². The Morgan fingerprint density at radius 1 is 0.963 bits per heavy atom. The smallest absolute Gasteiger partial charge is 0.325 e. The van der Waals surface area contributed by atoms with E-state index in [9.17, 15) is 9.59 Å². The fraction of sp³-hybridized carbons (Fsp3) is 0.111. The molecule has 0 saturated carbocycles. The number of anilines is 2. The average Bonchev–Trinajstić information content (AvgIpc) is 3.09. The molecule has 0 unspecified atom stereocenters. The molecule has 7 nitrogen and oxygen atoms in total. The van der Waals surface area contributed by atoms with Crippen LogP contribution in [0.4, 0.5) is 15.6 Å². The quantitative estimate of drug-likeness (QED) is 0.586. The molecular formula is C18H16ClN5O2S. The van der Waals surface area contributed by atoms with Gasteiger partial charge in [0, 0.05) is 6.54 Å². The normalized spacial score (nSPS) is 10.3. The zero-order valence-corrected chi connectivity index (χ0v) is 15.7. The molecule has 3 amide bonds. The van der Waals surface area contributed by atoms with Crippen molar-refractivity contribution in [2.24, 2.45) is 0 Å². The van der Waals surface area contributed by atoms with E-state index in [1.54, 1.807) is 24.3 Å². The molecular weight excluding hydrogens is 386 g/mol. The number of carbonyl (C=O) groups is 2. The van der Waals surface area contributed by atoms with E-state index in [-0.39, 0.29) is 12.3 Å². The highest BCUT2D eigenvalue weighted by molar-refractivity contribution is 7.15. The van der Waals surface area contributed by atoms with Crippen LogP contribution < -0.4 is 16.0 Å². The van der Waals surface area contributed by atoms with Gasteiger partial charge in [0.2, 0.25) is 11.0 Å². The Morgan fingerprint density at radius 3 is 2.48 bits per heavy atom. The lowest BCUT2D eigenvalue weighted by Crippen LogP contribution is -2.24. The number of hydrogen-bond acceptors (Lipinski definition) is 5. The lowest BCUT2D eigenvalue weighted by molar-refractivity contribution is -0.120. The van der Waals surface area contributed by atoms with Crippen molar-refractivity contribution in [2.45, 2.75) is 13.0 Å². The van der Waals surface area contributed by atoms with Crippen LogP contribution in [0.1, 0.15) is 10.6 Å². The Labute approximate surface area is 164 Å². The predicted octanol–water partition coefficient (Wildman–Crippen LogP) is 3.69. The van der Waals surface area contributed by atoms with E-state index in [1.807, 2.05) is 30.3 Å². The summed E-state index contributed by atoms with van der Waals surface area (Å²) >= 11 is 7.13. The molecule has 9 heteroatoms. The lowest BCUT2D eigenvalue weighted by atomic mass is 10.2. The first kappa shape index (κ1) is 18.8. The van der Waals surface area contributed by atoms with Crippen LogP contribution in [0.25, 0.3) is 0 Å². The van der Waals surface area contributed by atoms with E-state index >= 15 is 0 Å². The number of benzene rings is 2. The fourth-order valence-electron chi connectivity index (χ4n) is 2.19. The number of carbonyl (C=O) groups excluding carboxylic acids is 2. The van der Waals surface area contributed by atoms with E-state index in [2.05, 4.69) is 26.1 Å². The highest BCUT2D eigenvalue weighted by Crippen LogP contribution is 2.21. The van der Waals surface area contributed by atoms with Crippen LogP contribution in [-0.4, -0.2) is 22.1 Å². The van der Waals surface area contributed by atoms with E-state index in [1.165, 1.54) is 0 Å². The van der Waals surface area contributed by atoms with Crippen molar-refractivity contribution in [3.05, 3.63) is 70.2 Å². The summed E-state index contributed by atoms with van der Waals surface area (Å²) in [5.74, 6) is -0.165. The van der Waals surface area contributed by atoms with Gasteiger partial charge >= 0.3 is 6.03 Å². The molecule has 2 aromatic carbocycles. The summed E-state index contributed by atoms with van der Waals surface area (Å²) in [5, 5.41) is 17.1. The Balaban J connectivity index is 1.48. The number of hydrogen-bond donors (Lipinski definition) is 3. The second kappa shape index (κ2) is 9.11. The zero-order chi connectivity index (χ0) is 19.1. The number of halogens is 1. The molecule has 0 saturated heterocycles. The second-order valence-electron chi connectivity index (χ2n) is 5.50. The first-order chi connectivity index (χ1) is 13.1. The summed E-state index contributed by atoms with van der Waals surface area (Å²) < 4.78 is 0. The summed E-state index contributed by atoms with van der Waals surface area (Å²) in [5.41, 5.74) is 1.50. The number of nitrogens with one attached hydrogen (secondary N) is 3. The number of rotatable bonds is 6. The van der Waals surface area contributed by atoms with Crippen molar-refractivity contribution in [1.29, 1.82) is 0 Å². The van der Waals surface area contributed by atoms with Crippen LogP contribution in [0.15, 0.2) is 54.6 Å². The summed E-state index contributed by atoms with van der Waals surface area (Å²) in [6, 6.07) is 16.0. The summed E-state index contributed by atoms with van der Waals surface area (Å²) in [6.07, 6.45) is 0.0955. The topological polar surface area (TPSA) is 96.0 Å². The molecule has 0 aliphatic heterocycles. The van der Waals surface area contributed by atoms with Crippen LogP contribution in [0, 0.1) is 0 Å². The van der Waals surface area contributed by atoms with Crippen molar-refractivity contribution in [2.75, 3.05) is 10.6 Å². The average molecular weight is 402 g/mol.